The number of rotatable bonds is 5. The second-order valence-corrected chi connectivity index (χ2v) is 4.75. The zero-order valence-electron chi connectivity index (χ0n) is 11.6. The second-order valence-electron chi connectivity index (χ2n) is 4.75. The van der Waals surface area contributed by atoms with Crippen molar-refractivity contribution in [2.45, 2.75) is 19.4 Å². The molecule has 0 amide bonds. The lowest BCUT2D eigenvalue weighted by atomic mass is 10.0. The van der Waals surface area contributed by atoms with Crippen LogP contribution in [0.2, 0.25) is 0 Å². The Balaban J connectivity index is 0.00000200. The van der Waals surface area contributed by atoms with Gasteiger partial charge in [-0.2, -0.15) is 0 Å². The summed E-state index contributed by atoms with van der Waals surface area (Å²) in [5.74, 6) is 1.65. The maximum atomic E-state index is 6.10. The van der Waals surface area contributed by atoms with Gasteiger partial charge in [0, 0.05) is 6.04 Å². The molecule has 20 heavy (non-hydrogen) atoms. The van der Waals surface area contributed by atoms with E-state index in [0.717, 1.165) is 29.1 Å². The van der Waals surface area contributed by atoms with E-state index >= 15 is 0 Å². The van der Waals surface area contributed by atoms with Gasteiger partial charge in [0.1, 0.15) is 11.5 Å². The summed E-state index contributed by atoms with van der Waals surface area (Å²) in [4.78, 5) is 0. The van der Waals surface area contributed by atoms with Crippen LogP contribution in [-0.4, -0.2) is 0 Å². The molecule has 0 bridgehead atoms. The molecule has 0 aliphatic rings. The standard InChI is InChI=1S/C17H19NO.ClH/c1-13(2)12-17(18)14-8-10-16(11-9-14)19-15-6-4-3-5-7-15;/h3-11,17H,1,12,18H2,2H3;1H/t17-;/m0./s1. The number of nitrogens with two attached hydrogens (primary N) is 1. The molecular weight excluding hydrogens is 270 g/mol. The first-order valence-electron chi connectivity index (χ1n) is 6.38. The van der Waals surface area contributed by atoms with Crippen LogP contribution in [0.5, 0.6) is 11.5 Å². The molecule has 0 saturated heterocycles. The minimum absolute atomic E-state index is 0. The van der Waals surface area contributed by atoms with Crippen LogP contribution in [0, 0.1) is 0 Å². The van der Waals surface area contributed by atoms with Gasteiger partial charge in [-0.1, -0.05) is 35.9 Å². The van der Waals surface area contributed by atoms with Crippen molar-refractivity contribution >= 4 is 12.4 Å². The Morgan fingerprint density at radius 2 is 1.60 bits per heavy atom. The van der Waals surface area contributed by atoms with Gasteiger partial charge in [-0.25, -0.2) is 0 Å². The van der Waals surface area contributed by atoms with Crippen molar-refractivity contribution in [3.63, 3.8) is 0 Å². The zero-order valence-corrected chi connectivity index (χ0v) is 12.4. The highest BCUT2D eigenvalue weighted by Gasteiger charge is 2.06. The van der Waals surface area contributed by atoms with Crippen LogP contribution >= 0.6 is 12.4 Å². The van der Waals surface area contributed by atoms with Crippen LogP contribution in [0.15, 0.2) is 66.7 Å². The molecule has 0 heterocycles. The van der Waals surface area contributed by atoms with Gasteiger partial charge in [-0.05, 0) is 43.2 Å². The first kappa shape index (κ1) is 16.3. The summed E-state index contributed by atoms with van der Waals surface area (Å²) >= 11 is 0. The molecule has 106 valence electrons. The molecule has 2 aromatic carbocycles. The predicted octanol–water partition coefficient (Wildman–Crippen LogP) is 4.87. The molecule has 1 atom stereocenters. The fourth-order valence-corrected chi connectivity index (χ4v) is 1.90. The van der Waals surface area contributed by atoms with E-state index in [4.69, 9.17) is 10.5 Å². The Kier molecular flexibility index (Phi) is 6.29. The van der Waals surface area contributed by atoms with E-state index in [1.54, 1.807) is 0 Å². The summed E-state index contributed by atoms with van der Waals surface area (Å²) in [7, 11) is 0. The molecule has 0 aliphatic carbocycles. The molecule has 0 radical (unpaired) electrons. The van der Waals surface area contributed by atoms with Crippen LogP contribution in [0.3, 0.4) is 0 Å². The van der Waals surface area contributed by atoms with Crippen LogP contribution in [-0.2, 0) is 0 Å². The molecular formula is C17H20ClNO. The fraction of sp³-hybridized carbons (Fsp3) is 0.176. The molecule has 0 spiro atoms. The van der Waals surface area contributed by atoms with Crippen LogP contribution in [0.25, 0.3) is 0 Å². The van der Waals surface area contributed by atoms with Crippen LogP contribution in [0.4, 0.5) is 0 Å². The first-order chi connectivity index (χ1) is 9.15. The minimum atomic E-state index is 0. The second kappa shape index (κ2) is 7.73. The van der Waals surface area contributed by atoms with Crippen molar-refractivity contribution in [3.8, 4) is 11.5 Å². The van der Waals surface area contributed by atoms with E-state index in [2.05, 4.69) is 6.58 Å². The molecule has 2 rings (SSSR count). The van der Waals surface area contributed by atoms with Crippen molar-refractivity contribution in [2.24, 2.45) is 5.73 Å². The number of hydrogen-bond donors (Lipinski definition) is 1. The van der Waals surface area contributed by atoms with Crippen LogP contribution < -0.4 is 10.5 Å². The summed E-state index contributed by atoms with van der Waals surface area (Å²) in [5.41, 5.74) is 8.29. The van der Waals surface area contributed by atoms with E-state index in [1.807, 2.05) is 61.5 Å². The monoisotopic (exact) mass is 289 g/mol. The summed E-state index contributed by atoms with van der Waals surface area (Å²) in [6.07, 6.45) is 0.804. The number of benzene rings is 2. The van der Waals surface area contributed by atoms with Gasteiger partial charge in [0.2, 0.25) is 0 Å². The van der Waals surface area contributed by atoms with E-state index in [1.165, 1.54) is 0 Å². The third-order valence-electron chi connectivity index (χ3n) is 2.86. The fourth-order valence-electron chi connectivity index (χ4n) is 1.90. The average molecular weight is 290 g/mol. The van der Waals surface area contributed by atoms with Gasteiger partial charge < -0.3 is 10.5 Å². The lowest BCUT2D eigenvalue weighted by Crippen LogP contribution is -2.10. The summed E-state index contributed by atoms with van der Waals surface area (Å²) in [5, 5.41) is 0. The van der Waals surface area contributed by atoms with Gasteiger partial charge in [-0.3, -0.25) is 0 Å². The Bertz CT molecular complexity index is 537. The Labute approximate surface area is 126 Å². The van der Waals surface area contributed by atoms with Crippen molar-refractivity contribution in [1.82, 2.24) is 0 Å². The van der Waals surface area contributed by atoms with Crippen molar-refractivity contribution < 1.29 is 4.74 Å². The number of halogens is 1. The predicted molar refractivity (Wildman–Crippen MR) is 86.6 cm³/mol. The van der Waals surface area contributed by atoms with Gasteiger partial charge >= 0.3 is 0 Å². The van der Waals surface area contributed by atoms with Gasteiger partial charge in [0.25, 0.3) is 0 Å². The maximum Gasteiger partial charge on any atom is 0.127 e. The molecule has 2 nitrogen and oxygen atoms in total. The normalized spacial score (nSPS) is 11.3. The van der Waals surface area contributed by atoms with E-state index in [9.17, 15) is 0 Å². The molecule has 0 aromatic heterocycles. The average Bonchev–Trinajstić information content (AvgIpc) is 2.40. The first-order valence-corrected chi connectivity index (χ1v) is 6.38. The highest BCUT2D eigenvalue weighted by molar-refractivity contribution is 5.85. The summed E-state index contributed by atoms with van der Waals surface area (Å²) < 4.78 is 5.74. The van der Waals surface area contributed by atoms with E-state index < -0.39 is 0 Å². The third-order valence-corrected chi connectivity index (χ3v) is 2.86. The zero-order chi connectivity index (χ0) is 13.7. The molecule has 0 aliphatic heterocycles. The molecule has 0 saturated carbocycles. The molecule has 2 aromatic rings. The van der Waals surface area contributed by atoms with Crippen molar-refractivity contribution in [3.05, 3.63) is 72.3 Å². The Hall–Kier alpha value is -1.77. The third kappa shape index (κ3) is 4.72. The number of ether oxygens (including phenoxy) is 1. The lowest BCUT2D eigenvalue weighted by molar-refractivity contribution is 0.482. The van der Waals surface area contributed by atoms with E-state index in [-0.39, 0.29) is 18.4 Å². The summed E-state index contributed by atoms with van der Waals surface area (Å²) in [6, 6.07) is 17.6. The van der Waals surface area contributed by atoms with Gasteiger partial charge in [0.05, 0.1) is 0 Å². The molecule has 0 fully saturated rings. The molecule has 2 N–H and O–H groups in total. The Morgan fingerprint density at radius 3 is 2.15 bits per heavy atom. The van der Waals surface area contributed by atoms with Crippen LogP contribution in [0.1, 0.15) is 24.9 Å². The maximum absolute atomic E-state index is 6.10. The largest absolute Gasteiger partial charge is 0.457 e. The quantitative estimate of drug-likeness (QED) is 0.797. The number of para-hydroxylation sites is 1. The Morgan fingerprint density at radius 1 is 1.05 bits per heavy atom. The van der Waals surface area contributed by atoms with Gasteiger partial charge in [0.15, 0.2) is 0 Å². The molecule has 0 unspecified atom stereocenters. The SMILES string of the molecule is C=C(C)C[C@H](N)c1ccc(Oc2ccccc2)cc1.Cl. The van der Waals surface area contributed by atoms with Crippen molar-refractivity contribution in [2.75, 3.05) is 0 Å². The van der Waals surface area contributed by atoms with Gasteiger partial charge in [-0.15, -0.1) is 19.0 Å². The lowest BCUT2D eigenvalue weighted by Gasteiger charge is -2.12. The smallest absolute Gasteiger partial charge is 0.127 e. The summed E-state index contributed by atoms with van der Waals surface area (Å²) in [6.45, 7) is 5.88. The van der Waals surface area contributed by atoms with E-state index in [0.29, 0.717) is 0 Å². The topological polar surface area (TPSA) is 35.2 Å². The minimum Gasteiger partial charge on any atom is -0.457 e. The highest BCUT2D eigenvalue weighted by atomic mass is 35.5. The molecule has 3 heteroatoms. The number of hydrogen-bond acceptors (Lipinski definition) is 2. The highest BCUT2D eigenvalue weighted by Crippen LogP contribution is 2.24. The van der Waals surface area contributed by atoms with Crippen molar-refractivity contribution in [1.29, 1.82) is 0 Å².